The minimum absolute atomic E-state index is 0.0350. The maximum atomic E-state index is 11.6. The van der Waals surface area contributed by atoms with E-state index in [-0.39, 0.29) is 5.91 Å². The second-order valence-electron chi connectivity index (χ2n) is 5.15. The minimum Gasteiger partial charge on any atom is -0.355 e. The molecule has 0 aliphatic heterocycles. The molecule has 0 radical (unpaired) electrons. The fraction of sp³-hybridized carbons (Fsp3) is 0.353. The lowest BCUT2D eigenvalue weighted by atomic mass is 10.1. The lowest BCUT2D eigenvalue weighted by Crippen LogP contribution is -2.21. The Bertz CT molecular complexity index is 606. The summed E-state index contributed by atoms with van der Waals surface area (Å²) < 4.78 is 0. The standard InChI is InChI=1S/C17H22N2OS/c1-12-7-8-16(21-12)13(2)19-10-9-14-5-4-6-15(11-14)17(20)18-3/h4-8,11,13,19H,9-10H2,1-3H3,(H,18,20). The SMILES string of the molecule is CNC(=O)c1cccc(CCNC(C)c2ccc(C)s2)c1. The molecule has 0 saturated heterocycles. The van der Waals surface area contributed by atoms with Crippen LogP contribution in [0.25, 0.3) is 0 Å². The highest BCUT2D eigenvalue weighted by molar-refractivity contribution is 7.12. The van der Waals surface area contributed by atoms with Gasteiger partial charge in [-0.3, -0.25) is 4.79 Å². The Morgan fingerprint density at radius 2 is 2.10 bits per heavy atom. The smallest absolute Gasteiger partial charge is 0.251 e. The fourth-order valence-electron chi connectivity index (χ4n) is 2.23. The third kappa shape index (κ3) is 4.41. The topological polar surface area (TPSA) is 41.1 Å². The fourth-order valence-corrected chi connectivity index (χ4v) is 3.14. The van der Waals surface area contributed by atoms with Crippen LogP contribution in [0, 0.1) is 6.92 Å². The first-order chi connectivity index (χ1) is 10.1. The van der Waals surface area contributed by atoms with Crippen molar-refractivity contribution in [3.63, 3.8) is 0 Å². The van der Waals surface area contributed by atoms with Crippen LogP contribution in [-0.4, -0.2) is 19.5 Å². The zero-order valence-electron chi connectivity index (χ0n) is 12.8. The zero-order valence-corrected chi connectivity index (χ0v) is 13.6. The van der Waals surface area contributed by atoms with Crippen LogP contribution in [0.5, 0.6) is 0 Å². The van der Waals surface area contributed by atoms with E-state index in [0.717, 1.165) is 18.5 Å². The highest BCUT2D eigenvalue weighted by atomic mass is 32.1. The lowest BCUT2D eigenvalue weighted by Gasteiger charge is -2.12. The number of aryl methyl sites for hydroxylation is 1. The number of rotatable bonds is 6. The number of amides is 1. The van der Waals surface area contributed by atoms with Gasteiger partial charge in [0, 0.05) is 28.4 Å². The molecule has 0 spiro atoms. The maximum absolute atomic E-state index is 11.6. The average molecular weight is 302 g/mol. The van der Waals surface area contributed by atoms with E-state index in [9.17, 15) is 4.79 Å². The highest BCUT2D eigenvalue weighted by Crippen LogP contribution is 2.22. The van der Waals surface area contributed by atoms with Gasteiger partial charge in [0.05, 0.1) is 0 Å². The van der Waals surface area contributed by atoms with Crippen molar-refractivity contribution in [2.45, 2.75) is 26.3 Å². The molecule has 1 aromatic heterocycles. The van der Waals surface area contributed by atoms with Crippen LogP contribution < -0.4 is 10.6 Å². The second kappa shape index (κ2) is 7.38. The lowest BCUT2D eigenvalue weighted by molar-refractivity contribution is 0.0963. The molecule has 4 heteroatoms. The highest BCUT2D eigenvalue weighted by Gasteiger charge is 2.07. The first-order valence-electron chi connectivity index (χ1n) is 7.21. The van der Waals surface area contributed by atoms with E-state index in [1.807, 2.05) is 29.5 Å². The van der Waals surface area contributed by atoms with Gasteiger partial charge in [-0.15, -0.1) is 11.3 Å². The van der Waals surface area contributed by atoms with E-state index >= 15 is 0 Å². The Labute approximate surface area is 130 Å². The molecular weight excluding hydrogens is 280 g/mol. The summed E-state index contributed by atoms with van der Waals surface area (Å²) in [5.41, 5.74) is 1.90. The van der Waals surface area contributed by atoms with E-state index < -0.39 is 0 Å². The third-order valence-corrected chi connectivity index (χ3v) is 4.65. The summed E-state index contributed by atoms with van der Waals surface area (Å²) in [6.07, 6.45) is 0.916. The largest absolute Gasteiger partial charge is 0.355 e. The molecule has 2 N–H and O–H groups in total. The number of benzene rings is 1. The van der Waals surface area contributed by atoms with Crippen molar-refractivity contribution in [1.82, 2.24) is 10.6 Å². The van der Waals surface area contributed by atoms with Gasteiger partial charge in [0.25, 0.3) is 5.91 Å². The number of thiophene rings is 1. The zero-order chi connectivity index (χ0) is 15.2. The van der Waals surface area contributed by atoms with Crippen molar-refractivity contribution in [2.24, 2.45) is 0 Å². The molecular formula is C17H22N2OS. The molecule has 0 saturated carbocycles. The van der Waals surface area contributed by atoms with Crippen molar-refractivity contribution in [3.05, 3.63) is 57.3 Å². The summed E-state index contributed by atoms with van der Waals surface area (Å²) in [6.45, 7) is 5.21. The molecule has 0 aliphatic carbocycles. The molecule has 2 aromatic rings. The summed E-state index contributed by atoms with van der Waals surface area (Å²) in [4.78, 5) is 14.3. The normalized spacial score (nSPS) is 12.1. The Balaban J connectivity index is 1.87. The molecule has 0 fully saturated rings. The first kappa shape index (κ1) is 15.7. The second-order valence-corrected chi connectivity index (χ2v) is 6.47. The molecule has 1 unspecified atom stereocenters. The predicted octanol–water partition coefficient (Wildman–Crippen LogP) is 3.31. The third-order valence-electron chi connectivity index (χ3n) is 3.47. The van der Waals surface area contributed by atoms with Gasteiger partial charge in [-0.25, -0.2) is 0 Å². The quantitative estimate of drug-likeness (QED) is 0.859. The van der Waals surface area contributed by atoms with Crippen LogP contribution in [0.15, 0.2) is 36.4 Å². The molecule has 1 heterocycles. The van der Waals surface area contributed by atoms with Gasteiger partial charge < -0.3 is 10.6 Å². The molecule has 1 atom stereocenters. The van der Waals surface area contributed by atoms with E-state index in [4.69, 9.17) is 0 Å². The number of carbonyl (C=O) groups excluding carboxylic acids is 1. The van der Waals surface area contributed by atoms with Gasteiger partial charge in [0.15, 0.2) is 0 Å². The van der Waals surface area contributed by atoms with Gasteiger partial charge >= 0.3 is 0 Å². The number of hydrogen-bond acceptors (Lipinski definition) is 3. The average Bonchev–Trinajstić information content (AvgIpc) is 2.93. The summed E-state index contributed by atoms with van der Waals surface area (Å²) in [5, 5.41) is 6.19. The summed E-state index contributed by atoms with van der Waals surface area (Å²) in [6, 6.07) is 12.5. The van der Waals surface area contributed by atoms with Gasteiger partial charge in [-0.1, -0.05) is 12.1 Å². The summed E-state index contributed by atoms with van der Waals surface area (Å²) >= 11 is 1.84. The monoisotopic (exact) mass is 302 g/mol. The van der Waals surface area contributed by atoms with E-state index in [0.29, 0.717) is 6.04 Å². The van der Waals surface area contributed by atoms with Crippen LogP contribution in [-0.2, 0) is 6.42 Å². The van der Waals surface area contributed by atoms with E-state index in [1.54, 1.807) is 7.05 Å². The van der Waals surface area contributed by atoms with Gasteiger partial charge in [0.1, 0.15) is 0 Å². The molecule has 0 bridgehead atoms. The van der Waals surface area contributed by atoms with Crippen LogP contribution in [0.1, 0.15) is 38.6 Å². The Hall–Kier alpha value is -1.65. The Kier molecular flexibility index (Phi) is 5.53. The van der Waals surface area contributed by atoms with Crippen molar-refractivity contribution < 1.29 is 4.79 Å². The number of hydrogen-bond donors (Lipinski definition) is 2. The van der Waals surface area contributed by atoms with E-state index in [1.165, 1.54) is 15.3 Å². The van der Waals surface area contributed by atoms with Crippen LogP contribution in [0.4, 0.5) is 0 Å². The number of nitrogens with one attached hydrogen (secondary N) is 2. The van der Waals surface area contributed by atoms with Crippen LogP contribution in [0.2, 0.25) is 0 Å². The molecule has 3 nitrogen and oxygen atoms in total. The van der Waals surface area contributed by atoms with Crippen molar-refractivity contribution in [2.75, 3.05) is 13.6 Å². The number of carbonyl (C=O) groups is 1. The van der Waals surface area contributed by atoms with Crippen molar-refractivity contribution in [3.8, 4) is 0 Å². The van der Waals surface area contributed by atoms with Gasteiger partial charge in [-0.2, -0.15) is 0 Å². The van der Waals surface area contributed by atoms with E-state index in [2.05, 4.69) is 42.7 Å². The maximum Gasteiger partial charge on any atom is 0.251 e. The Morgan fingerprint density at radius 3 is 2.76 bits per heavy atom. The van der Waals surface area contributed by atoms with Gasteiger partial charge in [0.2, 0.25) is 0 Å². The predicted molar refractivity (Wildman–Crippen MR) is 89.0 cm³/mol. The van der Waals surface area contributed by atoms with Crippen LogP contribution in [0.3, 0.4) is 0 Å². The molecule has 2 rings (SSSR count). The minimum atomic E-state index is -0.0350. The first-order valence-corrected chi connectivity index (χ1v) is 8.02. The molecule has 21 heavy (non-hydrogen) atoms. The molecule has 1 aromatic carbocycles. The van der Waals surface area contributed by atoms with Crippen LogP contribution >= 0.6 is 11.3 Å². The molecule has 112 valence electrons. The summed E-state index contributed by atoms with van der Waals surface area (Å²) in [5.74, 6) is -0.0350. The summed E-state index contributed by atoms with van der Waals surface area (Å²) in [7, 11) is 1.65. The molecule has 0 aliphatic rings. The van der Waals surface area contributed by atoms with Gasteiger partial charge in [-0.05, 0) is 56.6 Å². The Morgan fingerprint density at radius 1 is 1.29 bits per heavy atom. The van der Waals surface area contributed by atoms with Crippen molar-refractivity contribution >= 4 is 17.2 Å². The molecule has 1 amide bonds. The van der Waals surface area contributed by atoms with Crippen molar-refractivity contribution in [1.29, 1.82) is 0 Å².